The maximum absolute atomic E-state index is 13.0. The van der Waals surface area contributed by atoms with Gasteiger partial charge in [0, 0.05) is 29.4 Å². The van der Waals surface area contributed by atoms with Gasteiger partial charge in [-0.25, -0.2) is 4.68 Å². The molecule has 0 atom stereocenters. The molecule has 1 heterocycles. The first-order chi connectivity index (χ1) is 21.4. The number of halogens is 1. The Kier molecular flexibility index (Phi) is 8.08. The first-order valence-corrected chi connectivity index (χ1v) is 14.5. The van der Waals surface area contributed by atoms with Crippen LogP contribution in [0.1, 0.15) is 43.1 Å². The number of hydrogen-bond donors (Lipinski definition) is 3. The van der Waals surface area contributed by atoms with Crippen molar-refractivity contribution < 1.29 is 14.4 Å². The molecule has 3 amide bonds. The van der Waals surface area contributed by atoms with Gasteiger partial charge in [-0.15, -0.1) is 0 Å². The van der Waals surface area contributed by atoms with E-state index in [0.29, 0.717) is 35.7 Å². The van der Waals surface area contributed by atoms with Gasteiger partial charge in [0.25, 0.3) is 11.8 Å². The molecule has 1 aliphatic rings. The molecule has 8 nitrogen and oxygen atoms in total. The molecule has 0 aliphatic heterocycles. The van der Waals surface area contributed by atoms with Gasteiger partial charge in [-0.05, 0) is 72.0 Å². The molecule has 5 aromatic rings. The fourth-order valence-corrected chi connectivity index (χ4v) is 5.51. The van der Waals surface area contributed by atoms with Crippen molar-refractivity contribution in [3.63, 3.8) is 0 Å². The van der Waals surface area contributed by atoms with Gasteiger partial charge < -0.3 is 16.4 Å². The van der Waals surface area contributed by atoms with E-state index in [1.807, 2.05) is 72.8 Å². The fraction of sp³-hybridized carbons (Fsp3) is 0.0857. The summed E-state index contributed by atoms with van der Waals surface area (Å²) >= 11 is 6.23. The second kappa shape index (κ2) is 12.4. The molecule has 4 aromatic carbocycles. The smallest absolute Gasteiger partial charge is 0.269 e. The van der Waals surface area contributed by atoms with Crippen LogP contribution < -0.4 is 16.4 Å². The summed E-state index contributed by atoms with van der Waals surface area (Å²) in [7, 11) is 0. The first kappa shape index (κ1) is 28.6. The fourth-order valence-electron chi connectivity index (χ4n) is 5.29. The molecule has 6 rings (SSSR count). The SMILES string of the molecule is NC(=O)c1nn(-c2ccc(/C=C/C(=O)NCc3ccccc3)cc2)c2c1CCc1ccc(NC(=O)c3ccccc3Cl)cc1-2. The van der Waals surface area contributed by atoms with Crippen LogP contribution in [0.25, 0.3) is 23.0 Å². The molecule has 0 radical (unpaired) electrons. The number of amides is 3. The van der Waals surface area contributed by atoms with Crippen molar-refractivity contribution in [1.82, 2.24) is 15.1 Å². The molecular formula is C35H28ClN5O3. The van der Waals surface area contributed by atoms with E-state index in [9.17, 15) is 14.4 Å². The molecule has 0 fully saturated rings. The lowest BCUT2D eigenvalue weighted by atomic mass is 9.88. The van der Waals surface area contributed by atoms with Crippen LogP contribution in [0.3, 0.4) is 0 Å². The summed E-state index contributed by atoms with van der Waals surface area (Å²) in [5, 5.41) is 10.8. The number of rotatable bonds is 8. The predicted molar refractivity (Wildman–Crippen MR) is 172 cm³/mol. The van der Waals surface area contributed by atoms with Crippen LogP contribution >= 0.6 is 11.6 Å². The van der Waals surface area contributed by atoms with E-state index in [1.54, 1.807) is 35.0 Å². The molecule has 44 heavy (non-hydrogen) atoms. The number of carbonyl (C=O) groups excluding carboxylic acids is 3. The first-order valence-electron chi connectivity index (χ1n) is 14.1. The topological polar surface area (TPSA) is 119 Å². The summed E-state index contributed by atoms with van der Waals surface area (Å²) in [5.74, 6) is -1.12. The van der Waals surface area contributed by atoms with Gasteiger partial charge in [0.2, 0.25) is 5.91 Å². The summed E-state index contributed by atoms with van der Waals surface area (Å²) in [6.45, 7) is 0.447. The third-order valence-corrected chi connectivity index (χ3v) is 7.81. The molecular weight excluding hydrogens is 574 g/mol. The molecule has 0 saturated heterocycles. The van der Waals surface area contributed by atoms with Gasteiger partial charge in [0.05, 0.1) is 22.0 Å². The molecule has 0 saturated carbocycles. The average molecular weight is 602 g/mol. The van der Waals surface area contributed by atoms with Gasteiger partial charge >= 0.3 is 0 Å². The Hall–Kier alpha value is -5.47. The largest absolute Gasteiger partial charge is 0.364 e. The number of hydrogen-bond acceptors (Lipinski definition) is 4. The van der Waals surface area contributed by atoms with Crippen molar-refractivity contribution in [1.29, 1.82) is 0 Å². The van der Waals surface area contributed by atoms with Gasteiger partial charge in [0.15, 0.2) is 5.69 Å². The number of anilines is 1. The van der Waals surface area contributed by atoms with Crippen LogP contribution in [0.4, 0.5) is 5.69 Å². The number of nitrogens with one attached hydrogen (secondary N) is 2. The van der Waals surface area contributed by atoms with Crippen molar-refractivity contribution >= 4 is 41.1 Å². The number of benzene rings is 4. The molecule has 0 bridgehead atoms. The minimum absolute atomic E-state index is 0.195. The average Bonchev–Trinajstić information content (AvgIpc) is 3.44. The number of aryl methyl sites for hydroxylation is 1. The van der Waals surface area contributed by atoms with Crippen LogP contribution in [0, 0.1) is 0 Å². The van der Waals surface area contributed by atoms with Crippen LogP contribution in [0.2, 0.25) is 5.02 Å². The second-order valence-corrected chi connectivity index (χ2v) is 10.8. The quantitative estimate of drug-likeness (QED) is 0.190. The van der Waals surface area contributed by atoms with Crippen LogP contribution in [-0.4, -0.2) is 27.5 Å². The maximum atomic E-state index is 13.0. The van der Waals surface area contributed by atoms with Gasteiger partial charge in [-0.2, -0.15) is 5.10 Å². The van der Waals surface area contributed by atoms with Crippen LogP contribution in [0.5, 0.6) is 0 Å². The number of aromatic nitrogens is 2. The Labute approximate surface area is 259 Å². The molecule has 218 valence electrons. The number of nitrogens with zero attached hydrogens (tertiary/aromatic N) is 2. The Morgan fingerprint density at radius 3 is 2.41 bits per heavy atom. The molecule has 0 spiro atoms. The van der Waals surface area contributed by atoms with E-state index in [4.69, 9.17) is 17.3 Å². The Bertz CT molecular complexity index is 1910. The molecule has 1 aromatic heterocycles. The van der Waals surface area contributed by atoms with Crippen molar-refractivity contribution in [2.24, 2.45) is 5.73 Å². The number of fused-ring (bicyclic) bond motifs is 3. The Morgan fingerprint density at radius 1 is 0.909 bits per heavy atom. The second-order valence-electron chi connectivity index (χ2n) is 10.4. The zero-order chi connectivity index (χ0) is 30.6. The van der Waals surface area contributed by atoms with E-state index in [1.165, 1.54) is 6.08 Å². The van der Waals surface area contributed by atoms with Crippen molar-refractivity contribution in [3.05, 3.63) is 142 Å². The van der Waals surface area contributed by atoms with Gasteiger partial charge in [-0.1, -0.05) is 72.3 Å². The number of primary amides is 1. The standard InChI is InChI=1S/C35H28ClN5O3/c36-30-9-5-4-8-27(30)35(44)39-25-15-13-24-14-18-28-32(34(37)43)40-41(33(28)29(24)20-25)26-16-10-22(11-17-26)12-19-31(42)38-21-23-6-2-1-3-7-23/h1-13,15-17,19-20H,14,18,21H2,(H2,37,43)(H,38,42)(H,39,44)/b19-12+. The van der Waals surface area contributed by atoms with E-state index < -0.39 is 5.91 Å². The van der Waals surface area contributed by atoms with Crippen molar-refractivity contribution in [2.75, 3.05) is 5.32 Å². The Morgan fingerprint density at radius 2 is 1.66 bits per heavy atom. The van der Waals surface area contributed by atoms with E-state index in [-0.39, 0.29) is 17.5 Å². The van der Waals surface area contributed by atoms with Gasteiger partial charge in [0.1, 0.15) is 0 Å². The van der Waals surface area contributed by atoms with Crippen LogP contribution in [-0.2, 0) is 24.2 Å². The highest BCUT2D eigenvalue weighted by Crippen LogP contribution is 2.38. The summed E-state index contributed by atoms with van der Waals surface area (Å²) in [6, 6.07) is 29.8. The number of nitrogens with two attached hydrogens (primary N) is 1. The third kappa shape index (κ3) is 6.02. The third-order valence-electron chi connectivity index (χ3n) is 7.48. The highest BCUT2D eigenvalue weighted by atomic mass is 35.5. The van der Waals surface area contributed by atoms with E-state index >= 15 is 0 Å². The predicted octanol–water partition coefficient (Wildman–Crippen LogP) is 5.97. The highest BCUT2D eigenvalue weighted by Gasteiger charge is 2.28. The molecule has 1 aliphatic carbocycles. The lowest BCUT2D eigenvalue weighted by Crippen LogP contribution is -2.20. The maximum Gasteiger partial charge on any atom is 0.269 e. The summed E-state index contributed by atoms with van der Waals surface area (Å²) in [5.41, 5.74) is 12.9. The lowest BCUT2D eigenvalue weighted by Gasteiger charge is -2.20. The minimum atomic E-state index is -0.604. The lowest BCUT2D eigenvalue weighted by molar-refractivity contribution is -0.116. The highest BCUT2D eigenvalue weighted by molar-refractivity contribution is 6.34. The normalized spacial score (nSPS) is 11.9. The van der Waals surface area contributed by atoms with E-state index in [2.05, 4.69) is 15.7 Å². The molecule has 9 heteroatoms. The summed E-state index contributed by atoms with van der Waals surface area (Å²) in [6.07, 6.45) is 4.53. The Balaban J connectivity index is 1.27. The summed E-state index contributed by atoms with van der Waals surface area (Å²) in [4.78, 5) is 37.7. The van der Waals surface area contributed by atoms with Crippen molar-refractivity contribution in [2.45, 2.75) is 19.4 Å². The van der Waals surface area contributed by atoms with E-state index in [0.717, 1.165) is 39.2 Å². The summed E-state index contributed by atoms with van der Waals surface area (Å²) < 4.78 is 1.72. The van der Waals surface area contributed by atoms with Crippen LogP contribution in [0.15, 0.2) is 103 Å². The zero-order valence-corrected chi connectivity index (χ0v) is 24.3. The monoisotopic (exact) mass is 601 g/mol. The zero-order valence-electron chi connectivity index (χ0n) is 23.6. The molecule has 0 unspecified atom stereocenters. The number of carbonyl (C=O) groups is 3. The van der Waals surface area contributed by atoms with Crippen molar-refractivity contribution in [3.8, 4) is 16.9 Å². The minimum Gasteiger partial charge on any atom is -0.364 e. The molecule has 4 N–H and O–H groups in total. The van der Waals surface area contributed by atoms with Gasteiger partial charge in [-0.3, -0.25) is 14.4 Å².